The fourth-order valence-corrected chi connectivity index (χ4v) is 2.92. The number of carbonyl (C=O) groups is 1. The molecule has 110 valence electrons. The highest BCUT2D eigenvalue weighted by Crippen LogP contribution is 2.32. The number of rotatable bonds is 2. The average molecular weight is 338 g/mol. The third-order valence-electron chi connectivity index (χ3n) is 3.47. The van der Waals surface area contributed by atoms with E-state index in [1.165, 1.54) is 6.20 Å². The number of aliphatic hydroxyl groups excluding tert-OH is 1. The first-order valence-corrected chi connectivity index (χ1v) is 7.61. The quantitative estimate of drug-likeness (QED) is 0.899. The molecule has 1 aromatic rings. The second-order valence-electron chi connectivity index (χ2n) is 4.77. The maximum absolute atomic E-state index is 12.6. The molecule has 20 heavy (non-hydrogen) atoms. The molecule has 4 nitrogen and oxygen atoms in total. The predicted molar refractivity (Wildman–Crippen MR) is 79.6 cm³/mol. The van der Waals surface area contributed by atoms with Crippen LogP contribution in [0.25, 0.3) is 0 Å². The highest BCUT2D eigenvalue weighted by Gasteiger charge is 2.28. The topological polar surface area (TPSA) is 53.4 Å². The fourth-order valence-electron chi connectivity index (χ4n) is 2.36. The summed E-state index contributed by atoms with van der Waals surface area (Å²) in [6, 6.07) is -0.197. The van der Waals surface area contributed by atoms with Crippen LogP contribution in [0.4, 0.5) is 0 Å². The van der Waals surface area contributed by atoms with Crippen LogP contribution in [0.1, 0.15) is 36.2 Å². The van der Waals surface area contributed by atoms with Gasteiger partial charge in [0.2, 0.25) is 0 Å². The van der Waals surface area contributed by atoms with Gasteiger partial charge in [-0.15, -0.1) is 0 Å². The summed E-state index contributed by atoms with van der Waals surface area (Å²) in [6.07, 6.45) is 5.04. The second kappa shape index (κ2) is 6.94. The van der Waals surface area contributed by atoms with Crippen molar-refractivity contribution in [3.63, 3.8) is 0 Å². The van der Waals surface area contributed by atoms with Gasteiger partial charge in [0, 0.05) is 12.7 Å². The molecule has 1 unspecified atom stereocenters. The fraction of sp³-hybridized carbons (Fsp3) is 0.538. The summed E-state index contributed by atoms with van der Waals surface area (Å²) in [5, 5.41) is 9.85. The van der Waals surface area contributed by atoms with Gasteiger partial charge in [0.05, 0.1) is 27.7 Å². The molecule has 7 heteroatoms. The number of pyridine rings is 1. The van der Waals surface area contributed by atoms with Gasteiger partial charge in [-0.1, -0.05) is 47.6 Å². The van der Waals surface area contributed by atoms with E-state index in [9.17, 15) is 9.90 Å². The molecule has 1 atom stereocenters. The summed E-state index contributed by atoms with van der Waals surface area (Å²) < 4.78 is 0. The molecule has 1 N–H and O–H groups in total. The number of amides is 1. The van der Waals surface area contributed by atoms with Crippen LogP contribution in [0.2, 0.25) is 15.1 Å². The Kier molecular flexibility index (Phi) is 5.49. The normalized spacial score (nSPS) is 19.8. The molecule has 1 amide bonds. The summed E-state index contributed by atoms with van der Waals surface area (Å²) in [4.78, 5) is 18.2. The Hall–Kier alpha value is -0.550. The number of aromatic nitrogens is 1. The standard InChI is InChI=1S/C13H15Cl3N2O2/c14-9-6-17-12(11(16)10(9)15)13(20)18-5-3-1-2-4-8(18)7-19/h6,8,19H,1-5,7H2. The van der Waals surface area contributed by atoms with Crippen LogP contribution in [0.5, 0.6) is 0 Å². The minimum Gasteiger partial charge on any atom is -0.394 e. The Bertz CT molecular complexity index is 511. The SMILES string of the molecule is O=C(c1ncc(Cl)c(Cl)c1Cl)N1CCCCCC1CO. The summed E-state index contributed by atoms with van der Waals surface area (Å²) in [5.41, 5.74) is 0.0846. The maximum atomic E-state index is 12.6. The van der Waals surface area contributed by atoms with Crippen LogP contribution in [0, 0.1) is 0 Å². The minimum absolute atomic E-state index is 0.0603. The van der Waals surface area contributed by atoms with Crippen LogP contribution in [-0.2, 0) is 0 Å². The summed E-state index contributed by atoms with van der Waals surface area (Å²) in [5.74, 6) is -0.311. The molecule has 1 aliphatic rings. The van der Waals surface area contributed by atoms with Crippen molar-refractivity contribution in [2.24, 2.45) is 0 Å². The zero-order valence-electron chi connectivity index (χ0n) is 10.8. The monoisotopic (exact) mass is 336 g/mol. The number of carbonyl (C=O) groups excluding carboxylic acids is 1. The van der Waals surface area contributed by atoms with Crippen molar-refractivity contribution < 1.29 is 9.90 Å². The molecule has 1 saturated heterocycles. The molecule has 1 fully saturated rings. The Labute approximate surface area is 132 Å². The number of hydrogen-bond acceptors (Lipinski definition) is 3. The molecule has 0 aliphatic carbocycles. The van der Waals surface area contributed by atoms with Crippen LogP contribution >= 0.6 is 34.8 Å². The van der Waals surface area contributed by atoms with Crippen molar-refractivity contribution in [1.82, 2.24) is 9.88 Å². The molecule has 2 heterocycles. The Balaban J connectivity index is 2.31. The van der Waals surface area contributed by atoms with E-state index in [0.29, 0.717) is 6.54 Å². The summed E-state index contributed by atoms with van der Waals surface area (Å²) in [7, 11) is 0. The highest BCUT2D eigenvalue weighted by atomic mass is 35.5. The van der Waals surface area contributed by atoms with Crippen LogP contribution < -0.4 is 0 Å². The van der Waals surface area contributed by atoms with Gasteiger partial charge in [-0.2, -0.15) is 0 Å². The van der Waals surface area contributed by atoms with Crippen LogP contribution in [0.3, 0.4) is 0 Å². The van der Waals surface area contributed by atoms with Gasteiger partial charge in [-0.05, 0) is 12.8 Å². The van der Waals surface area contributed by atoms with Crippen molar-refractivity contribution in [3.05, 3.63) is 27.0 Å². The van der Waals surface area contributed by atoms with E-state index >= 15 is 0 Å². The van der Waals surface area contributed by atoms with Gasteiger partial charge >= 0.3 is 0 Å². The lowest BCUT2D eigenvalue weighted by Gasteiger charge is -2.28. The first-order valence-electron chi connectivity index (χ1n) is 6.47. The van der Waals surface area contributed by atoms with E-state index in [-0.39, 0.29) is 39.3 Å². The largest absolute Gasteiger partial charge is 0.394 e. The molecule has 1 aromatic heterocycles. The van der Waals surface area contributed by atoms with Gasteiger partial charge in [-0.3, -0.25) is 4.79 Å². The zero-order chi connectivity index (χ0) is 14.7. The summed E-state index contributed by atoms with van der Waals surface area (Å²) >= 11 is 17.8. The predicted octanol–water partition coefficient (Wildman–Crippen LogP) is 3.42. The maximum Gasteiger partial charge on any atom is 0.274 e. The van der Waals surface area contributed by atoms with E-state index in [2.05, 4.69) is 4.98 Å². The zero-order valence-corrected chi connectivity index (χ0v) is 13.0. The van der Waals surface area contributed by atoms with Crippen molar-refractivity contribution in [2.45, 2.75) is 31.7 Å². The lowest BCUT2D eigenvalue weighted by atomic mass is 10.1. The number of halogens is 3. The molecular weight excluding hydrogens is 323 g/mol. The molecule has 0 aromatic carbocycles. The van der Waals surface area contributed by atoms with E-state index < -0.39 is 0 Å². The smallest absolute Gasteiger partial charge is 0.274 e. The lowest BCUT2D eigenvalue weighted by molar-refractivity contribution is 0.0594. The van der Waals surface area contributed by atoms with Gasteiger partial charge in [-0.25, -0.2) is 4.98 Å². The Morgan fingerprint density at radius 2 is 2.05 bits per heavy atom. The van der Waals surface area contributed by atoms with Crippen LogP contribution in [0.15, 0.2) is 6.20 Å². The van der Waals surface area contributed by atoms with Gasteiger partial charge in [0.25, 0.3) is 5.91 Å². The first kappa shape index (κ1) is 15.8. The Morgan fingerprint density at radius 3 is 2.75 bits per heavy atom. The van der Waals surface area contributed by atoms with Crippen molar-refractivity contribution >= 4 is 40.7 Å². The van der Waals surface area contributed by atoms with E-state index in [4.69, 9.17) is 34.8 Å². The molecule has 0 saturated carbocycles. The van der Waals surface area contributed by atoms with E-state index in [1.807, 2.05) is 0 Å². The number of nitrogens with zero attached hydrogens (tertiary/aromatic N) is 2. The second-order valence-corrected chi connectivity index (χ2v) is 5.93. The van der Waals surface area contributed by atoms with Crippen LogP contribution in [-0.4, -0.2) is 40.1 Å². The van der Waals surface area contributed by atoms with Gasteiger partial charge in [0.15, 0.2) is 0 Å². The molecule has 0 bridgehead atoms. The first-order chi connectivity index (χ1) is 9.56. The number of likely N-dealkylation sites (tertiary alicyclic amines) is 1. The highest BCUT2D eigenvalue weighted by molar-refractivity contribution is 6.48. The third-order valence-corrected chi connectivity index (χ3v) is 4.71. The Morgan fingerprint density at radius 1 is 1.30 bits per heavy atom. The number of hydrogen-bond donors (Lipinski definition) is 1. The number of aliphatic hydroxyl groups is 1. The van der Waals surface area contributed by atoms with Crippen molar-refractivity contribution in [3.8, 4) is 0 Å². The van der Waals surface area contributed by atoms with E-state index in [1.54, 1.807) is 4.90 Å². The molecule has 1 aliphatic heterocycles. The molecule has 0 radical (unpaired) electrons. The minimum atomic E-state index is -0.311. The third kappa shape index (κ3) is 3.19. The average Bonchev–Trinajstić information content (AvgIpc) is 2.69. The molecule has 0 spiro atoms. The van der Waals surface area contributed by atoms with Gasteiger partial charge in [0.1, 0.15) is 5.69 Å². The summed E-state index contributed by atoms with van der Waals surface area (Å²) in [6.45, 7) is 0.521. The van der Waals surface area contributed by atoms with Gasteiger partial charge < -0.3 is 10.0 Å². The molecular formula is C13H15Cl3N2O2. The lowest BCUT2D eigenvalue weighted by Crippen LogP contribution is -2.42. The molecule has 2 rings (SSSR count). The van der Waals surface area contributed by atoms with E-state index in [0.717, 1.165) is 25.7 Å². The van der Waals surface area contributed by atoms with Crippen molar-refractivity contribution in [2.75, 3.05) is 13.2 Å². The van der Waals surface area contributed by atoms with Crippen molar-refractivity contribution in [1.29, 1.82) is 0 Å².